The van der Waals surface area contributed by atoms with Crippen molar-refractivity contribution in [3.05, 3.63) is 39.9 Å². The van der Waals surface area contributed by atoms with Gasteiger partial charge < -0.3 is 4.98 Å². The summed E-state index contributed by atoms with van der Waals surface area (Å²) >= 11 is 0. The second-order valence-electron chi connectivity index (χ2n) is 4.50. The highest BCUT2D eigenvalue weighted by Gasteiger charge is 2.11. The molecule has 1 aliphatic rings. The van der Waals surface area contributed by atoms with Gasteiger partial charge in [0.1, 0.15) is 0 Å². The molecule has 17 heavy (non-hydrogen) atoms. The second-order valence-corrected chi connectivity index (χ2v) is 4.50. The number of rotatable bonds is 3. The predicted octanol–water partition coefficient (Wildman–Crippen LogP) is 4.04. The van der Waals surface area contributed by atoms with Crippen molar-refractivity contribution >= 4 is 12.3 Å². The molecule has 1 N–H and O–H groups in total. The van der Waals surface area contributed by atoms with Crippen molar-refractivity contribution in [2.24, 2.45) is 4.99 Å². The van der Waals surface area contributed by atoms with Gasteiger partial charge in [0.05, 0.1) is 5.70 Å². The van der Waals surface area contributed by atoms with Crippen LogP contribution in [0.1, 0.15) is 44.0 Å². The monoisotopic (exact) mass is 228 g/mol. The first-order valence-corrected chi connectivity index (χ1v) is 6.30. The third-order valence-corrected chi connectivity index (χ3v) is 3.56. The van der Waals surface area contributed by atoms with E-state index in [4.69, 9.17) is 0 Å². The molecule has 1 aromatic heterocycles. The zero-order valence-electron chi connectivity index (χ0n) is 11.1. The van der Waals surface area contributed by atoms with Crippen molar-refractivity contribution in [3.63, 3.8) is 0 Å². The molecular weight excluding hydrogens is 208 g/mol. The molecule has 0 saturated heterocycles. The lowest BCUT2D eigenvalue weighted by Crippen LogP contribution is -1.85. The Balaban J connectivity index is 2.35. The van der Waals surface area contributed by atoms with E-state index in [2.05, 4.69) is 49.9 Å². The van der Waals surface area contributed by atoms with Crippen molar-refractivity contribution in [3.8, 4) is 0 Å². The van der Waals surface area contributed by atoms with Gasteiger partial charge in [0, 0.05) is 18.1 Å². The smallest absolute Gasteiger partial charge is 0.0682 e. The summed E-state index contributed by atoms with van der Waals surface area (Å²) in [5, 5.41) is 0. The lowest BCUT2D eigenvalue weighted by molar-refractivity contribution is 1.12. The highest BCUT2D eigenvalue weighted by atomic mass is 14.8. The van der Waals surface area contributed by atoms with Crippen LogP contribution in [0.4, 0.5) is 0 Å². The number of aryl methyl sites for hydroxylation is 1. The standard InChI is InChI=1S/C15H20N2/c1-5-12-8-16-14(10(12)3)7-15-11(4)13(6-2)9-17-15/h7-9,16H,5-6H2,1-4H3/b15-7-. The van der Waals surface area contributed by atoms with Gasteiger partial charge in [-0.15, -0.1) is 0 Å². The van der Waals surface area contributed by atoms with Crippen LogP contribution in [-0.2, 0) is 6.42 Å². The molecule has 0 spiro atoms. The number of aliphatic imine (C=N–C) groups is 1. The Morgan fingerprint density at radius 1 is 1.24 bits per heavy atom. The summed E-state index contributed by atoms with van der Waals surface area (Å²) in [4.78, 5) is 7.81. The Labute approximate surface area is 103 Å². The Kier molecular flexibility index (Phi) is 3.32. The Bertz CT molecular complexity index is 513. The van der Waals surface area contributed by atoms with Crippen molar-refractivity contribution < 1.29 is 0 Å². The van der Waals surface area contributed by atoms with Crippen molar-refractivity contribution in [1.29, 1.82) is 0 Å². The predicted molar refractivity (Wildman–Crippen MR) is 74.4 cm³/mol. The van der Waals surface area contributed by atoms with Crippen molar-refractivity contribution in [2.45, 2.75) is 40.5 Å². The summed E-state index contributed by atoms with van der Waals surface area (Å²) in [7, 11) is 0. The molecule has 0 unspecified atom stereocenters. The summed E-state index contributed by atoms with van der Waals surface area (Å²) in [6.07, 6.45) is 8.36. The molecule has 2 nitrogen and oxygen atoms in total. The Hall–Kier alpha value is -1.57. The largest absolute Gasteiger partial charge is 0.361 e. The quantitative estimate of drug-likeness (QED) is 0.809. The number of nitrogens with one attached hydrogen (secondary N) is 1. The van der Waals surface area contributed by atoms with Crippen LogP contribution in [0.3, 0.4) is 0 Å². The highest BCUT2D eigenvalue weighted by molar-refractivity contribution is 5.87. The van der Waals surface area contributed by atoms with Crippen molar-refractivity contribution in [2.75, 3.05) is 0 Å². The van der Waals surface area contributed by atoms with E-state index in [0.29, 0.717) is 0 Å². The van der Waals surface area contributed by atoms with Crippen LogP contribution in [0.25, 0.3) is 6.08 Å². The highest BCUT2D eigenvalue weighted by Crippen LogP contribution is 2.26. The fraction of sp³-hybridized carbons (Fsp3) is 0.400. The first-order chi connectivity index (χ1) is 8.17. The maximum atomic E-state index is 4.48. The van der Waals surface area contributed by atoms with Crippen LogP contribution in [0, 0.1) is 6.92 Å². The van der Waals surface area contributed by atoms with E-state index in [1.165, 1.54) is 28.0 Å². The number of nitrogens with zero attached hydrogens (tertiary/aromatic N) is 1. The van der Waals surface area contributed by atoms with E-state index in [1.54, 1.807) is 0 Å². The third-order valence-electron chi connectivity index (χ3n) is 3.56. The lowest BCUT2D eigenvalue weighted by atomic mass is 10.1. The van der Waals surface area contributed by atoms with Crippen LogP contribution in [-0.4, -0.2) is 11.2 Å². The minimum absolute atomic E-state index is 1.05. The number of aromatic amines is 1. The molecule has 0 aliphatic carbocycles. The van der Waals surface area contributed by atoms with Gasteiger partial charge in [-0.2, -0.15) is 0 Å². The van der Waals surface area contributed by atoms with E-state index < -0.39 is 0 Å². The van der Waals surface area contributed by atoms with E-state index in [-0.39, 0.29) is 0 Å². The fourth-order valence-corrected chi connectivity index (χ4v) is 2.22. The van der Waals surface area contributed by atoms with Gasteiger partial charge in [-0.05, 0) is 55.0 Å². The topological polar surface area (TPSA) is 28.1 Å². The first kappa shape index (κ1) is 11.9. The molecule has 2 heteroatoms. The molecule has 90 valence electrons. The summed E-state index contributed by atoms with van der Waals surface area (Å²) in [6, 6.07) is 0. The number of allylic oxidation sites excluding steroid dienone is 2. The Morgan fingerprint density at radius 2 is 2.00 bits per heavy atom. The number of hydrogen-bond donors (Lipinski definition) is 1. The van der Waals surface area contributed by atoms with Crippen LogP contribution < -0.4 is 0 Å². The van der Waals surface area contributed by atoms with Crippen LogP contribution >= 0.6 is 0 Å². The zero-order valence-corrected chi connectivity index (χ0v) is 11.1. The van der Waals surface area contributed by atoms with Gasteiger partial charge in [0.25, 0.3) is 0 Å². The second kappa shape index (κ2) is 4.74. The van der Waals surface area contributed by atoms with E-state index >= 15 is 0 Å². The van der Waals surface area contributed by atoms with Gasteiger partial charge in [-0.3, -0.25) is 4.99 Å². The molecule has 0 amide bonds. The van der Waals surface area contributed by atoms with Gasteiger partial charge >= 0.3 is 0 Å². The zero-order chi connectivity index (χ0) is 12.4. The van der Waals surface area contributed by atoms with Crippen LogP contribution in [0.5, 0.6) is 0 Å². The number of hydrogen-bond acceptors (Lipinski definition) is 1. The molecule has 0 atom stereocenters. The fourth-order valence-electron chi connectivity index (χ4n) is 2.22. The molecule has 0 saturated carbocycles. The minimum atomic E-state index is 1.05. The number of aromatic nitrogens is 1. The average Bonchev–Trinajstić information content (AvgIpc) is 2.85. The summed E-state index contributed by atoms with van der Waals surface area (Å²) in [5.74, 6) is 0. The van der Waals surface area contributed by atoms with Gasteiger partial charge in [-0.25, -0.2) is 0 Å². The SMILES string of the molecule is CCC1=C(C)/C(=C/c2[nH]cc(CC)c2C)N=C1. The van der Waals surface area contributed by atoms with E-state index in [9.17, 15) is 0 Å². The van der Waals surface area contributed by atoms with Crippen molar-refractivity contribution in [1.82, 2.24) is 4.98 Å². The molecule has 2 heterocycles. The third kappa shape index (κ3) is 2.12. The Morgan fingerprint density at radius 3 is 2.53 bits per heavy atom. The maximum absolute atomic E-state index is 4.48. The molecule has 1 aliphatic heterocycles. The molecule has 0 radical (unpaired) electrons. The normalized spacial score (nSPS) is 17.5. The van der Waals surface area contributed by atoms with E-state index in [0.717, 1.165) is 18.5 Å². The van der Waals surface area contributed by atoms with E-state index in [1.807, 2.05) is 6.21 Å². The number of H-pyrrole nitrogens is 1. The molecule has 0 bridgehead atoms. The average molecular weight is 228 g/mol. The lowest BCUT2D eigenvalue weighted by Gasteiger charge is -2.00. The summed E-state index contributed by atoms with van der Waals surface area (Å²) in [5.41, 5.74) is 7.65. The molecule has 2 rings (SSSR count). The molecule has 0 fully saturated rings. The van der Waals surface area contributed by atoms with Gasteiger partial charge in [-0.1, -0.05) is 13.8 Å². The first-order valence-electron chi connectivity index (χ1n) is 6.30. The van der Waals surface area contributed by atoms with Gasteiger partial charge in [0.2, 0.25) is 0 Å². The maximum Gasteiger partial charge on any atom is 0.0682 e. The van der Waals surface area contributed by atoms with Crippen LogP contribution in [0.2, 0.25) is 0 Å². The van der Waals surface area contributed by atoms with Gasteiger partial charge in [0.15, 0.2) is 0 Å². The summed E-state index contributed by atoms with van der Waals surface area (Å²) < 4.78 is 0. The summed E-state index contributed by atoms with van der Waals surface area (Å²) in [6.45, 7) is 8.67. The molecule has 1 aromatic rings. The van der Waals surface area contributed by atoms with Crippen LogP contribution in [0.15, 0.2) is 28.0 Å². The molecule has 0 aromatic carbocycles. The molecular formula is C15H20N2. The minimum Gasteiger partial charge on any atom is -0.361 e.